The number of halogens is 1. The minimum absolute atomic E-state index is 0.142. The molecule has 1 aliphatic rings. The van der Waals surface area contributed by atoms with Gasteiger partial charge in [-0.3, -0.25) is 14.4 Å². The molecule has 188 valence electrons. The standard InChI is InChI=1S/C27H34ClN3O4/c1-17-10-8-9-13-20(17)24(33)29-21(14-18-11-6-5-7-12-18)23(32)26(35)31-16-19(28)15-22(31)25(34)30-27(2,3)4/h5-13,19,21-23,32H,14-16H2,1-4H3,(H,29,33)(H,30,34)/t19-,21-,22-,23-/m0/s1. The van der Waals surface area contributed by atoms with Crippen molar-refractivity contribution >= 4 is 29.3 Å². The molecule has 1 heterocycles. The zero-order chi connectivity index (χ0) is 25.8. The Hall–Kier alpha value is -2.90. The number of carbonyl (C=O) groups excluding carboxylic acids is 3. The Labute approximate surface area is 211 Å². The summed E-state index contributed by atoms with van der Waals surface area (Å²) in [5, 5.41) is 16.5. The molecule has 35 heavy (non-hydrogen) atoms. The number of aliphatic hydroxyl groups excluding tert-OH is 1. The average molecular weight is 500 g/mol. The Bertz CT molecular complexity index is 1050. The van der Waals surface area contributed by atoms with Gasteiger partial charge < -0.3 is 20.6 Å². The predicted octanol–water partition coefficient (Wildman–Crippen LogP) is 2.82. The van der Waals surface area contributed by atoms with Crippen molar-refractivity contribution < 1.29 is 19.5 Å². The first-order chi connectivity index (χ1) is 16.5. The van der Waals surface area contributed by atoms with E-state index in [1.165, 1.54) is 4.90 Å². The first kappa shape index (κ1) is 26.7. The number of nitrogens with zero attached hydrogens (tertiary/aromatic N) is 1. The number of nitrogens with one attached hydrogen (secondary N) is 2. The number of hydrogen-bond donors (Lipinski definition) is 3. The molecule has 7 nitrogen and oxygen atoms in total. The first-order valence-electron chi connectivity index (χ1n) is 11.8. The lowest BCUT2D eigenvalue weighted by Gasteiger charge is -2.32. The molecule has 0 aromatic heterocycles. The number of aliphatic hydroxyl groups is 1. The van der Waals surface area contributed by atoms with Crippen LogP contribution in [0.2, 0.25) is 0 Å². The SMILES string of the molecule is Cc1ccccc1C(=O)N[C@@H](Cc1ccccc1)[C@H](O)C(=O)N1C[C@@H](Cl)C[C@H]1C(=O)NC(C)(C)C. The summed E-state index contributed by atoms with van der Waals surface area (Å²) in [7, 11) is 0. The lowest BCUT2D eigenvalue weighted by molar-refractivity contribution is -0.146. The molecule has 0 spiro atoms. The molecule has 0 saturated carbocycles. The predicted molar refractivity (Wildman–Crippen MR) is 136 cm³/mol. The molecular formula is C27H34ClN3O4. The molecule has 0 aliphatic carbocycles. The normalized spacial score (nSPS) is 19.7. The van der Waals surface area contributed by atoms with Crippen molar-refractivity contribution in [2.45, 2.75) is 69.6 Å². The molecule has 3 amide bonds. The number of alkyl halides is 1. The summed E-state index contributed by atoms with van der Waals surface area (Å²) in [6.07, 6.45) is -1.03. The third-order valence-corrected chi connectivity index (χ3v) is 6.29. The number of amides is 3. The van der Waals surface area contributed by atoms with Crippen LogP contribution in [0.1, 0.15) is 48.7 Å². The quantitative estimate of drug-likeness (QED) is 0.510. The minimum Gasteiger partial charge on any atom is -0.381 e. The molecule has 0 bridgehead atoms. The number of benzene rings is 2. The van der Waals surface area contributed by atoms with Crippen LogP contribution in [0.4, 0.5) is 0 Å². The van der Waals surface area contributed by atoms with Gasteiger partial charge in [-0.25, -0.2) is 0 Å². The Balaban J connectivity index is 1.84. The van der Waals surface area contributed by atoms with Gasteiger partial charge in [-0.2, -0.15) is 0 Å². The molecule has 1 fully saturated rings. The van der Waals surface area contributed by atoms with Crippen molar-refractivity contribution in [3.8, 4) is 0 Å². The average Bonchev–Trinajstić information content (AvgIpc) is 3.19. The van der Waals surface area contributed by atoms with Crippen LogP contribution >= 0.6 is 11.6 Å². The molecule has 0 unspecified atom stereocenters. The van der Waals surface area contributed by atoms with Crippen LogP contribution in [-0.4, -0.2) is 63.4 Å². The highest BCUT2D eigenvalue weighted by Crippen LogP contribution is 2.25. The molecule has 1 saturated heterocycles. The Kier molecular flexibility index (Phi) is 8.56. The van der Waals surface area contributed by atoms with Crippen LogP contribution in [0.3, 0.4) is 0 Å². The molecule has 3 N–H and O–H groups in total. The van der Waals surface area contributed by atoms with Gasteiger partial charge in [0.1, 0.15) is 6.04 Å². The van der Waals surface area contributed by atoms with Gasteiger partial charge in [-0.1, -0.05) is 48.5 Å². The summed E-state index contributed by atoms with van der Waals surface area (Å²) >= 11 is 6.33. The smallest absolute Gasteiger partial charge is 0.254 e. The van der Waals surface area contributed by atoms with Crippen molar-refractivity contribution in [1.29, 1.82) is 0 Å². The van der Waals surface area contributed by atoms with E-state index >= 15 is 0 Å². The molecule has 1 aliphatic heterocycles. The molecule has 3 rings (SSSR count). The Morgan fingerprint density at radius 2 is 1.71 bits per heavy atom. The highest BCUT2D eigenvalue weighted by atomic mass is 35.5. The molecule has 0 radical (unpaired) electrons. The van der Waals surface area contributed by atoms with Crippen LogP contribution in [0.15, 0.2) is 54.6 Å². The lowest BCUT2D eigenvalue weighted by Crippen LogP contribution is -2.57. The summed E-state index contributed by atoms with van der Waals surface area (Å²) < 4.78 is 0. The zero-order valence-corrected chi connectivity index (χ0v) is 21.4. The topological polar surface area (TPSA) is 98.7 Å². The fourth-order valence-corrected chi connectivity index (χ4v) is 4.57. The van der Waals surface area contributed by atoms with E-state index in [1.54, 1.807) is 12.1 Å². The van der Waals surface area contributed by atoms with E-state index in [2.05, 4.69) is 10.6 Å². The fraction of sp³-hybridized carbons (Fsp3) is 0.444. The Morgan fingerprint density at radius 3 is 2.34 bits per heavy atom. The van der Waals surface area contributed by atoms with Gasteiger partial charge in [0.05, 0.1) is 11.4 Å². The van der Waals surface area contributed by atoms with E-state index in [0.717, 1.165) is 11.1 Å². The number of carbonyl (C=O) groups is 3. The third-order valence-electron chi connectivity index (χ3n) is 5.97. The van der Waals surface area contributed by atoms with Crippen LogP contribution in [0.25, 0.3) is 0 Å². The van der Waals surface area contributed by atoms with Crippen molar-refractivity contribution in [1.82, 2.24) is 15.5 Å². The largest absolute Gasteiger partial charge is 0.381 e. The van der Waals surface area contributed by atoms with Gasteiger partial charge in [-0.15, -0.1) is 11.6 Å². The van der Waals surface area contributed by atoms with E-state index in [1.807, 2.05) is 70.2 Å². The molecule has 2 aromatic carbocycles. The minimum atomic E-state index is -1.56. The molecule has 8 heteroatoms. The summed E-state index contributed by atoms with van der Waals surface area (Å²) in [6, 6.07) is 14.8. The van der Waals surface area contributed by atoms with E-state index in [4.69, 9.17) is 11.6 Å². The van der Waals surface area contributed by atoms with Crippen LogP contribution in [-0.2, 0) is 16.0 Å². The number of likely N-dealkylation sites (tertiary alicyclic amines) is 1. The van der Waals surface area contributed by atoms with Gasteiger partial charge in [-0.05, 0) is 57.7 Å². The second-order valence-electron chi connectivity index (χ2n) is 10.1. The van der Waals surface area contributed by atoms with Gasteiger partial charge in [0, 0.05) is 17.6 Å². The number of aryl methyl sites for hydroxylation is 1. The van der Waals surface area contributed by atoms with Gasteiger partial charge in [0.25, 0.3) is 11.8 Å². The van der Waals surface area contributed by atoms with Gasteiger partial charge in [0.2, 0.25) is 5.91 Å². The zero-order valence-electron chi connectivity index (χ0n) is 20.6. The monoisotopic (exact) mass is 499 g/mol. The van der Waals surface area contributed by atoms with Crippen molar-refractivity contribution in [2.75, 3.05) is 6.54 Å². The van der Waals surface area contributed by atoms with Crippen LogP contribution < -0.4 is 10.6 Å². The van der Waals surface area contributed by atoms with E-state index < -0.39 is 35.0 Å². The number of hydrogen-bond acceptors (Lipinski definition) is 4. The Morgan fingerprint density at radius 1 is 1.09 bits per heavy atom. The summed E-state index contributed by atoms with van der Waals surface area (Å²) in [5.41, 5.74) is 1.63. The van der Waals surface area contributed by atoms with Crippen LogP contribution in [0, 0.1) is 6.92 Å². The summed E-state index contributed by atoms with van der Waals surface area (Å²) in [5.74, 6) is -1.33. The van der Waals surface area contributed by atoms with Crippen molar-refractivity contribution in [2.24, 2.45) is 0 Å². The molecular weight excluding hydrogens is 466 g/mol. The fourth-order valence-electron chi connectivity index (χ4n) is 4.26. The van der Waals surface area contributed by atoms with E-state index in [0.29, 0.717) is 12.0 Å². The molecule has 4 atom stereocenters. The highest BCUT2D eigenvalue weighted by molar-refractivity contribution is 6.21. The second-order valence-corrected chi connectivity index (χ2v) is 10.7. The number of rotatable bonds is 7. The molecule has 2 aromatic rings. The maximum Gasteiger partial charge on any atom is 0.254 e. The summed E-state index contributed by atoms with van der Waals surface area (Å²) in [4.78, 5) is 40.8. The third kappa shape index (κ3) is 7.05. The van der Waals surface area contributed by atoms with Crippen molar-refractivity contribution in [3.63, 3.8) is 0 Å². The van der Waals surface area contributed by atoms with Crippen molar-refractivity contribution in [3.05, 3.63) is 71.3 Å². The maximum atomic E-state index is 13.5. The summed E-state index contributed by atoms with van der Waals surface area (Å²) in [6.45, 7) is 7.54. The van der Waals surface area contributed by atoms with Gasteiger partial charge in [0.15, 0.2) is 6.10 Å². The van der Waals surface area contributed by atoms with Crippen LogP contribution in [0.5, 0.6) is 0 Å². The highest BCUT2D eigenvalue weighted by Gasteiger charge is 2.43. The van der Waals surface area contributed by atoms with Gasteiger partial charge >= 0.3 is 0 Å². The first-order valence-corrected chi connectivity index (χ1v) is 12.2. The second kappa shape index (κ2) is 11.2. The maximum absolute atomic E-state index is 13.5. The van der Waals surface area contributed by atoms with E-state index in [9.17, 15) is 19.5 Å². The van der Waals surface area contributed by atoms with E-state index in [-0.39, 0.29) is 24.8 Å². The lowest BCUT2D eigenvalue weighted by atomic mass is 9.98.